The summed E-state index contributed by atoms with van der Waals surface area (Å²) in [6.45, 7) is 0. The number of hydrogen-bond acceptors (Lipinski definition) is 3. The van der Waals surface area contributed by atoms with E-state index in [0.29, 0.717) is 11.4 Å². The van der Waals surface area contributed by atoms with Crippen molar-refractivity contribution in [2.45, 2.75) is 12.5 Å². The van der Waals surface area contributed by atoms with Gasteiger partial charge in [-0.25, -0.2) is 0 Å². The fraction of sp³-hybridized carbons (Fsp3) is 0.333. The van der Waals surface area contributed by atoms with Crippen molar-refractivity contribution in [2.75, 3.05) is 14.1 Å². The van der Waals surface area contributed by atoms with Gasteiger partial charge < -0.3 is 0 Å². The van der Waals surface area contributed by atoms with Gasteiger partial charge in [-0.2, -0.15) is 10.5 Å². The van der Waals surface area contributed by atoms with E-state index >= 15 is 0 Å². The van der Waals surface area contributed by atoms with Gasteiger partial charge in [0.15, 0.2) is 0 Å². The molecule has 0 amide bonds. The van der Waals surface area contributed by atoms with Crippen LogP contribution in [0, 0.1) is 22.7 Å². The van der Waals surface area contributed by atoms with E-state index < -0.39 is 0 Å². The van der Waals surface area contributed by atoms with Crippen LogP contribution in [0.2, 0.25) is 5.02 Å². The lowest BCUT2D eigenvalue weighted by molar-refractivity contribution is 0.357. The third-order valence-corrected chi connectivity index (χ3v) is 2.55. The second-order valence-corrected chi connectivity index (χ2v) is 4.11. The smallest absolute Gasteiger partial charge is 0.123 e. The topological polar surface area (TPSA) is 50.8 Å². The first-order valence-corrected chi connectivity index (χ1v) is 5.19. The molecule has 1 aromatic rings. The summed E-state index contributed by atoms with van der Waals surface area (Å²) in [5.41, 5.74) is 1.66. The predicted octanol–water partition coefficient (Wildman–Crippen LogP) is 2.53. The molecule has 3 nitrogen and oxygen atoms in total. The Labute approximate surface area is 100 Å². The van der Waals surface area contributed by atoms with Gasteiger partial charge in [-0.05, 0) is 37.4 Å². The second kappa shape index (κ2) is 5.51. The molecule has 0 fully saturated rings. The van der Waals surface area contributed by atoms with Gasteiger partial charge in [-0.1, -0.05) is 17.7 Å². The fourth-order valence-electron chi connectivity index (χ4n) is 1.53. The minimum absolute atomic E-state index is 0.290. The predicted molar refractivity (Wildman–Crippen MR) is 62.8 cm³/mol. The third-order valence-electron chi connectivity index (χ3n) is 2.31. The van der Waals surface area contributed by atoms with Crippen LogP contribution in [0.1, 0.15) is 17.2 Å². The van der Waals surface area contributed by atoms with Gasteiger partial charge in [0.25, 0.3) is 0 Å². The minimum atomic E-state index is -0.373. The number of halogens is 1. The monoisotopic (exact) mass is 234 g/mol. The molecule has 0 bridgehead atoms. The van der Waals surface area contributed by atoms with Crippen molar-refractivity contribution in [1.82, 2.24) is 4.90 Å². The Morgan fingerprint density at radius 2 is 2.06 bits per heavy atom. The van der Waals surface area contributed by atoms with Crippen LogP contribution in [0.5, 0.6) is 0 Å². The summed E-state index contributed by atoms with van der Waals surface area (Å²) >= 11 is 5.91. The molecular formula is C12H12ClN3. The van der Waals surface area contributed by atoms with Crippen LogP contribution in [-0.4, -0.2) is 19.0 Å². The Hall–Kier alpha value is -1.55. The molecule has 0 saturated heterocycles. The van der Waals surface area contributed by atoms with Gasteiger partial charge >= 0.3 is 0 Å². The third kappa shape index (κ3) is 2.73. The molecule has 1 atom stereocenters. The van der Waals surface area contributed by atoms with E-state index in [1.54, 1.807) is 23.1 Å². The molecule has 0 aliphatic heterocycles. The van der Waals surface area contributed by atoms with Crippen LogP contribution in [0.4, 0.5) is 0 Å². The van der Waals surface area contributed by atoms with Gasteiger partial charge in [0.2, 0.25) is 0 Å². The Morgan fingerprint density at radius 3 is 2.56 bits per heavy atom. The molecule has 0 spiro atoms. The maximum absolute atomic E-state index is 9.12. The van der Waals surface area contributed by atoms with Crippen molar-refractivity contribution in [3.05, 3.63) is 34.3 Å². The van der Waals surface area contributed by atoms with Crippen molar-refractivity contribution in [1.29, 1.82) is 10.5 Å². The molecule has 0 aromatic heterocycles. The van der Waals surface area contributed by atoms with E-state index in [2.05, 4.69) is 12.1 Å². The first-order valence-electron chi connectivity index (χ1n) is 4.81. The highest BCUT2D eigenvalue weighted by Gasteiger charge is 2.17. The first-order chi connectivity index (χ1) is 7.60. The van der Waals surface area contributed by atoms with E-state index in [0.717, 1.165) is 11.1 Å². The Morgan fingerprint density at radius 1 is 1.38 bits per heavy atom. The molecule has 4 heteroatoms. The van der Waals surface area contributed by atoms with Crippen molar-refractivity contribution in [3.63, 3.8) is 0 Å². The molecule has 16 heavy (non-hydrogen) atoms. The summed E-state index contributed by atoms with van der Waals surface area (Å²) in [7, 11) is 3.65. The van der Waals surface area contributed by atoms with Crippen molar-refractivity contribution < 1.29 is 0 Å². The maximum Gasteiger partial charge on any atom is 0.123 e. The Bertz CT molecular complexity index is 454. The van der Waals surface area contributed by atoms with Crippen LogP contribution in [0.3, 0.4) is 0 Å². The summed E-state index contributed by atoms with van der Waals surface area (Å²) in [6, 6.07) is 9.21. The van der Waals surface area contributed by atoms with E-state index in [1.807, 2.05) is 14.1 Å². The average molecular weight is 235 g/mol. The van der Waals surface area contributed by atoms with Crippen LogP contribution >= 0.6 is 11.6 Å². The van der Waals surface area contributed by atoms with Gasteiger partial charge in [0.05, 0.1) is 18.6 Å². The lowest BCUT2D eigenvalue weighted by Gasteiger charge is -2.20. The molecular weight excluding hydrogens is 223 g/mol. The summed E-state index contributed by atoms with van der Waals surface area (Å²) < 4.78 is 0. The maximum atomic E-state index is 9.12. The van der Waals surface area contributed by atoms with E-state index in [4.69, 9.17) is 22.1 Å². The van der Waals surface area contributed by atoms with Gasteiger partial charge in [-0.15, -0.1) is 0 Å². The summed E-state index contributed by atoms with van der Waals surface area (Å²) in [6.07, 6.45) is 0.290. The van der Waals surface area contributed by atoms with Crippen molar-refractivity contribution >= 4 is 11.6 Å². The molecule has 82 valence electrons. The molecule has 0 N–H and O–H groups in total. The minimum Gasteiger partial charge on any atom is -0.291 e. The Balaban J connectivity index is 3.24. The summed E-state index contributed by atoms with van der Waals surface area (Å²) in [5.74, 6) is 0. The van der Waals surface area contributed by atoms with E-state index in [9.17, 15) is 0 Å². The summed E-state index contributed by atoms with van der Waals surface area (Å²) in [5, 5.41) is 18.4. The average Bonchev–Trinajstić information content (AvgIpc) is 2.22. The number of nitriles is 2. The van der Waals surface area contributed by atoms with Crippen molar-refractivity contribution in [3.8, 4) is 12.1 Å². The number of benzene rings is 1. The van der Waals surface area contributed by atoms with E-state index in [1.165, 1.54) is 0 Å². The lowest BCUT2D eigenvalue weighted by Crippen LogP contribution is -2.19. The number of rotatable bonds is 3. The Kier molecular flexibility index (Phi) is 4.31. The standard InChI is InChI=1S/C12H12ClN3/c1-16(2)12(8-15)11-7-10(13)4-3-9(11)5-6-14/h3-4,7,12H,5H2,1-2H3/i6+1. The van der Waals surface area contributed by atoms with Crippen molar-refractivity contribution in [2.24, 2.45) is 0 Å². The number of nitrogens with zero attached hydrogens (tertiary/aromatic N) is 3. The highest BCUT2D eigenvalue weighted by Crippen LogP contribution is 2.25. The lowest BCUT2D eigenvalue weighted by atomic mass is 10.00. The zero-order valence-corrected chi connectivity index (χ0v) is 9.99. The fourth-order valence-corrected chi connectivity index (χ4v) is 1.71. The van der Waals surface area contributed by atoms with Crippen LogP contribution in [0.25, 0.3) is 0 Å². The summed E-state index contributed by atoms with van der Waals surface area (Å²) in [4.78, 5) is 1.80. The molecule has 0 heterocycles. The molecule has 0 radical (unpaired) electrons. The van der Waals surface area contributed by atoms with Crippen LogP contribution in [-0.2, 0) is 6.42 Å². The largest absolute Gasteiger partial charge is 0.291 e. The number of hydrogen-bond donors (Lipinski definition) is 0. The van der Waals surface area contributed by atoms with Crippen LogP contribution < -0.4 is 0 Å². The highest BCUT2D eigenvalue weighted by atomic mass is 35.5. The molecule has 1 rings (SSSR count). The second-order valence-electron chi connectivity index (χ2n) is 3.67. The highest BCUT2D eigenvalue weighted by molar-refractivity contribution is 6.30. The van der Waals surface area contributed by atoms with Gasteiger partial charge in [0.1, 0.15) is 6.04 Å². The first kappa shape index (κ1) is 12.5. The molecule has 1 aromatic carbocycles. The molecule has 0 aliphatic rings. The van der Waals surface area contributed by atoms with Gasteiger partial charge in [-0.3, -0.25) is 4.90 Å². The van der Waals surface area contributed by atoms with E-state index in [-0.39, 0.29) is 6.04 Å². The normalized spacial score (nSPS) is 11.9. The molecule has 1 unspecified atom stereocenters. The van der Waals surface area contributed by atoms with Gasteiger partial charge in [0, 0.05) is 5.02 Å². The zero-order valence-electron chi connectivity index (χ0n) is 9.24. The zero-order chi connectivity index (χ0) is 12.1. The SMILES string of the molecule is CN(C)C(C#N)c1cc(Cl)ccc1C[13C]#N. The molecule has 0 aliphatic carbocycles. The molecule has 0 saturated carbocycles. The quantitative estimate of drug-likeness (QED) is 0.756. The van der Waals surface area contributed by atoms with Crippen LogP contribution in [0.15, 0.2) is 18.2 Å².